The van der Waals surface area contributed by atoms with Crippen molar-refractivity contribution in [1.29, 1.82) is 0 Å². The molecule has 0 aliphatic heterocycles. The van der Waals surface area contributed by atoms with Crippen molar-refractivity contribution in [2.45, 2.75) is 57.9 Å². The molecule has 1 rings (SSSR count). The quantitative estimate of drug-likeness (QED) is 0.758. The maximum atomic E-state index is 11.4. The van der Waals surface area contributed by atoms with Crippen molar-refractivity contribution in [3.05, 3.63) is 0 Å². The molecule has 3 nitrogen and oxygen atoms in total. The number of carbonyl (C=O) groups excluding carboxylic acids is 1. The number of hydrogen-bond acceptors (Lipinski definition) is 2. The summed E-state index contributed by atoms with van der Waals surface area (Å²) in [5.74, 6) is 1.01. The molecule has 1 aliphatic rings. The van der Waals surface area contributed by atoms with Gasteiger partial charge in [-0.3, -0.25) is 4.79 Å². The fraction of sp³-hybridized carbons (Fsp3) is 0.917. The van der Waals surface area contributed by atoms with Crippen LogP contribution in [0.5, 0.6) is 0 Å². The highest BCUT2D eigenvalue weighted by molar-refractivity contribution is 5.85. The first-order valence-corrected chi connectivity index (χ1v) is 6.20. The Labute approximate surface area is 105 Å². The van der Waals surface area contributed by atoms with Gasteiger partial charge >= 0.3 is 0 Å². The summed E-state index contributed by atoms with van der Waals surface area (Å²) < 4.78 is 0. The van der Waals surface area contributed by atoms with Crippen LogP contribution < -0.4 is 11.1 Å². The molecule has 0 aromatic carbocycles. The van der Waals surface area contributed by atoms with Gasteiger partial charge in [0.05, 0.1) is 0 Å². The van der Waals surface area contributed by atoms with Gasteiger partial charge in [-0.15, -0.1) is 12.4 Å². The van der Waals surface area contributed by atoms with E-state index in [1.807, 2.05) is 6.92 Å². The molecule has 0 saturated heterocycles. The van der Waals surface area contributed by atoms with Crippen molar-refractivity contribution in [3.8, 4) is 0 Å². The summed E-state index contributed by atoms with van der Waals surface area (Å²) in [7, 11) is 0. The van der Waals surface area contributed by atoms with Crippen LogP contribution in [-0.2, 0) is 4.79 Å². The van der Waals surface area contributed by atoms with Gasteiger partial charge in [-0.2, -0.15) is 0 Å². The average Bonchev–Trinajstić information content (AvgIpc) is 2.66. The molecule has 1 unspecified atom stereocenters. The first-order chi connectivity index (χ1) is 7.18. The van der Waals surface area contributed by atoms with Crippen molar-refractivity contribution in [2.75, 3.05) is 6.54 Å². The maximum absolute atomic E-state index is 11.4. The third kappa shape index (κ3) is 7.07. The predicted molar refractivity (Wildman–Crippen MR) is 69.7 cm³/mol. The van der Waals surface area contributed by atoms with E-state index in [0.717, 1.165) is 25.3 Å². The Morgan fingerprint density at radius 1 is 1.44 bits per heavy atom. The highest BCUT2D eigenvalue weighted by atomic mass is 35.5. The third-order valence-corrected chi connectivity index (χ3v) is 3.18. The summed E-state index contributed by atoms with van der Waals surface area (Å²) in [6, 6.07) is 0.181. The zero-order valence-electron chi connectivity index (χ0n) is 10.2. The van der Waals surface area contributed by atoms with Crippen LogP contribution in [-0.4, -0.2) is 18.5 Å². The van der Waals surface area contributed by atoms with Crippen molar-refractivity contribution < 1.29 is 4.79 Å². The molecular weight excluding hydrogens is 224 g/mol. The molecule has 0 spiro atoms. The molecule has 4 heteroatoms. The number of rotatable bonds is 6. The van der Waals surface area contributed by atoms with Crippen molar-refractivity contribution in [3.63, 3.8) is 0 Å². The zero-order valence-corrected chi connectivity index (χ0v) is 11.0. The SMILES string of the molecule is CC(N)CCNC(=O)CCC1CCCC1.Cl. The van der Waals surface area contributed by atoms with Gasteiger partial charge in [0, 0.05) is 19.0 Å². The predicted octanol–water partition coefficient (Wildman–Crippen LogP) is 2.23. The summed E-state index contributed by atoms with van der Waals surface area (Å²) in [5, 5.41) is 2.92. The molecule has 1 saturated carbocycles. The standard InChI is InChI=1S/C12H24N2O.ClH/c1-10(13)8-9-14-12(15)7-6-11-4-2-3-5-11;/h10-11H,2-9,13H2,1H3,(H,14,15);1H. The van der Waals surface area contributed by atoms with Gasteiger partial charge in [0.2, 0.25) is 5.91 Å². The molecular formula is C12H25ClN2O. The largest absolute Gasteiger partial charge is 0.356 e. The number of hydrogen-bond donors (Lipinski definition) is 2. The van der Waals surface area contributed by atoms with E-state index in [2.05, 4.69) is 5.32 Å². The van der Waals surface area contributed by atoms with E-state index in [-0.39, 0.29) is 24.4 Å². The third-order valence-electron chi connectivity index (χ3n) is 3.18. The normalized spacial score (nSPS) is 17.9. The van der Waals surface area contributed by atoms with Crippen LogP contribution >= 0.6 is 12.4 Å². The second kappa shape index (κ2) is 8.82. The fourth-order valence-electron chi connectivity index (χ4n) is 2.16. The van der Waals surface area contributed by atoms with Crippen molar-refractivity contribution in [1.82, 2.24) is 5.32 Å². The Bertz CT molecular complexity index is 191. The monoisotopic (exact) mass is 248 g/mol. The van der Waals surface area contributed by atoms with E-state index in [9.17, 15) is 4.79 Å². The van der Waals surface area contributed by atoms with E-state index < -0.39 is 0 Å². The summed E-state index contributed by atoms with van der Waals surface area (Å²) in [6.45, 7) is 2.69. The summed E-state index contributed by atoms with van der Waals surface area (Å²) >= 11 is 0. The van der Waals surface area contributed by atoms with Gasteiger partial charge < -0.3 is 11.1 Å². The van der Waals surface area contributed by atoms with E-state index in [1.54, 1.807) is 0 Å². The molecule has 96 valence electrons. The minimum Gasteiger partial charge on any atom is -0.356 e. The molecule has 1 amide bonds. The maximum Gasteiger partial charge on any atom is 0.220 e. The lowest BCUT2D eigenvalue weighted by Crippen LogP contribution is -2.29. The molecule has 3 N–H and O–H groups in total. The molecule has 1 aliphatic carbocycles. The first-order valence-electron chi connectivity index (χ1n) is 6.20. The highest BCUT2D eigenvalue weighted by Crippen LogP contribution is 2.28. The van der Waals surface area contributed by atoms with E-state index in [0.29, 0.717) is 6.42 Å². The molecule has 1 fully saturated rings. The van der Waals surface area contributed by atoms with Gasteiger partial charge in [0.25, 0.3) is 0 Å². The summed E-state index contributed by atoms with van der Waals surface area (Å²) in [4.78, 5) is 11.4. The lowest BCUT2D eigenvalue weighted by Gasteiger charge is -2.09. The molecule has 0 radical (unpaired) electrons. The van der Waals surface area contributed by atoms with Gasteiger partial charge in [-0.25, -0.2) is 0 Å². The first kappa shape index (κ1) is 15.7. The van der Waals surface area contributed by atoms with Crippen LogP contribution in [0.4, 0.5) is 0 Å². The van der Waals surface area contributed by atoms with Gasteiger partial charge in [0.1, 0.15) is 0 Å². The van der Waals surface area contributed by atoms with Crippen LogP contribution in [0, 0.1) is 5.92 Å². The van der Waals surface area contributed by atoms with Crippen molar-refractivity contribution >= 4 is 18.3 Å². The van der Waals surface area contributed by atoms with Crippen LogP contribution in [0.2, 0.25) is 0 Å². The summed E-state index contributed by atoms with van der Waals surface area (Å²) in [6.07, 6.45) is 8.01. The lowest BCUT2D eigenvalue weighted by molar-refractivity contribution is -0.121. The Morgan fingerprint density at radius 3 is 2.62 bits per heavy atom. The number of halogens is 1. The number of nitrogens with two attached hydrogens (primary N) is 1. The molecule has 0 heterocycles. The van der Waals surface area contributed by atoms with E-state index in [4.69, 9.17) is 5.73 Å². The number of nitrogens with one attached hydrogen (secondary N) is 1. The Morgan fingerprint density at radius 2 is 2.06 bits per heavy atom. The topological polar surface area (TPSA) is 55.1 Å². The van der Waals surface area contributed by atoms with Crippen LogP contribution in [0.1, 0.15) is 51.9 Å². The van der Waals surface area contributed by atoms with Crippen LogP contribution in [0.25, 0.3) is 0 Å². The fourth-order valence-corrected chi connectivity index (χ4v) is 2.16. The van der Waals surface area contributed by atoms with E-state index >= 15 is 0 Å². The van der Waals surface area contributed by atoms with Crippen molar-refractivity contribution in [2.24, 2.45) is 11.7 Å². The second-order valence-electron chi connectivity index (χ2n) is 4.81. The zero-order chi connectivity index (χ0) is 11.1. The minimum atomic E-state index is 0. The average molecular weight is 249 g/mol. The summed E-state index contributed by atoms with van der Waals surface area (Å²) in [5.41, 5.74) is 5.60. The van der Waals surface area contributed by atoms with E-state index in [1.165, 1.54) is 25.7 Å². The molecule has 0 aromatic heterocycles. The Balaban J connectivity index is 0.00000225. The number of amides is 1. The Hall–Kier alpha value is -0.280. The minimum absolute atomic E-state index is 0. The second-order valence-corrected chi connectivity index (χ2v) is 4.81. The molecule has 0 aromatic rings. The highest BCUT2D eigenvalue weighted by Gasteiger charge is 2.15. The van der Waals surface area contributed by atoms with Gasteiger partial charge in [-0.05, 0) is 25.7 Å². The van der Waals surface area contributed by atoms with Gasteiger partial charge in [-0.1, -0.05) is 25.7 Å². The van der Waals surface area contributed by atoms with Crippen LogP contribution in [0.15, 0.2) is 0 Å². The molecule has 1 atom stereocenters. The van der Waals surface area contributed by atoms with Crippen LogP contribution in [0.3, 0.4) is 0 Å². The smallest absolute Gasteiger partial charge is 0.220 e. The Kier molecular flexibility index (Phi) is 8.67. The lowest BCUT2D eigenvalue weighted by atomic mass is 10.0. The molecule has 16 heavy (non-hydrogen) atoms. The molecule has 0 bridgehead atoms. The van der Waals surface area contributed by atoms with Gasteiger partial charge in [0.15, 0.2) is 0 Å². The number of carbonyl (C=O) groups is 1.